The highest BCUT2D eigenvalue weighted by molar-refractivity contribution is 6.00. The molecule has 1 aliphatic heterocycles. The lowest BCUT2D eigenvalue weighted by Crippen LogP contribution is -2.51. The molecule has 10 heteroatoms. The van der Waals surface area contributed by atoms with Gasteiger partial charge >= 0.3 is 0 Å². The summed E-state index contributed by atoms with van der Waals surface area (Å²) >= 11 is 0. The molecule has 2 N–H and O–H groups in total. The van der Waals surface area contributed by atoms with Crippen LogP contribution in [0.3, 0.4) is 0 Å². The summed E-state index contributed by atoms with van der Waals surface area (Å²) in [5, 5.41) is 3.16. The number of carbonyl (C=O) groups excluding carboxylic acids is 2. The van der Waals surface area contributed by atoms with E-state index in [1.807, 2.05) is 57.2 Å². The first-order chi connectivity index (χ1) is 24.3. The average Bonchev–Trinajstić information content (AvgIpc) is 3.67. The lowest BCUT2D eigenvalue weighted by Gasteiger charge is -2.34. The maximum absolute atomic E-state index is 13.7. The summed E-state index contributed by atoms with van der Waals surface area (Å²) in [6, 6.07) is 11.3. The predicted molar refractivity (Wildman–Crippen MR) is 196 cm³/mol. The van der Waals surface area contributed by atoms with Crippen molar-refractivity contribution in [2.75, 3.05) is 0 Å². The molecule has 2 fully saturated rings. The molecular weight excluding hydrogens is 668 g/mol. The van der Waals surface area contributed by atoms with Gasteiger partial charge in [-0.15, -0.1) is 0 Å². The van der Waals surface area contributed by atoms with Crippen LogP contribution in [0.25, 0.3) is 11.0 Å². The molecule has 0 spiro atoms. The third-order valence-corrected chi connectivity index (χ3v) is 11.1. The highest BCUT2D eigenvalue weighted by atomic mass is 19.3. The highest BCUT2D eigenvalue weighted by Crippen LogP contribution is 2.42. The Morgan fingerprint density at radius 2 is 1.42 bits per heavy atom. The largest absolute Gasteiger partial charge is 0.347 e. The minimum Gasteiger partial charge on any atom is -0.347 e. The van der Waals surface area contributed by atoms with Crippen molar-refractivity contribution < 1.29 is 27.2 Å². The Labute approximate surface area is 304 Å². The molecule has 2 aromatic carbocycles. The van der Waals surface area contributed by atoms with Crippen molar-refractivity contribution in [1.82, 2.24) is 15.3 Å². The Balaban J connectivity index is 1.13. The number of halogens is 4. The van der Waals surface area contributed by atoms with Crippen molar-refractivity contribution >= 4 is 34.1 Å². The van der Waals surface area contributed by atoms with Crippen LogP contribution in [0.4, 0.5) is 23.2 Å². The maximum atomic E-state index is 13.7. The third kappa shape index (κ3) is 8.78. The molecule has 2 heterocycles. The molecule has 0 radical (unpaired) electrons. The topological polar surface area (TPSA) is 87.2 Å². The maximum Gasteiger partial charge on any atom is 0.248 e. The van der Waals surface area contributed by atoms with Gasteiger partial charge in [-0.25, -0.2) is 22.5 Å². The van der Waals surface area contributed by atoms with Gasteiger partial charge in [-0.3, -0.25) is 14.6 Å². The summed E-state index contributed by atoms with van der Waals surface area (Å²) in [4.78, 5) is 39.6. The smallest absolute Gasteiger partial charge is 0.248 e. The summed E-state index contributed by atoms with van der Waals surface area (Å²) < 4.78 is 54.9. The highest BCUT2D eigenvalue weighted by Gasteiger charge is 2.41. The van der Waals surface area contributed by atoms with Crippen LogP contribution in [0.5, 0.6) is 0 Å². The van der Waals surface area contributed by atoms with Crippen molar-refractivity contribution in [3.8, 4) is 11.8 Å². The average molecular weight is 719 g/mol. The molecule has 0 unspecified atom stereocenters. The van der Waals surface area contributed by atoms with Gasteiger partial charge in [0.15, 0.2) is 0 Å². The van der Waals surface area contributed by atoms with E-state index >= 15 is 0 Å². The van der Waals surface area contributed by atoms with Gasteiger partial charge in [-0.2, -0.15) is 0 Å². The van der Waals surface area contributed by atoms with E-state index in [-0.39, 0.29) is 98.2 Å². The molecule has 2 saturated carbocycles. The zero-order chi connectivity index (χ0) is 37.6. The molecule has 52 heavy (non-hydrogen) atoms. The van der Waals surface area contributed by atoms with Crippen molar-refractivity contribution in [3.63, 3.8) is 0 Å². The molecule has 6 rings (SSSR count). The van der Waals surface area contributed by atoms with Crippen LogP contribution in [0.1, 0.15) is 128 Å². The number of carbonyl (C=O) groups is 2. The molecule has 2 atom stereocenters. The molecule has 3 aromatic rings. The predicted octanol–water partition coefficient (Wildman–Crippen LogP) is 9.86. The van der Waals surface area contributed by atoms with Gasteiger partial charge in [0.2, 0.25) is 17.8 Å². The third-order valence-electron chi connectivity index (χ3n) is 11.1. The first kappa shape index (κ1) is 37.7. The number of hydrogen-bond donors (Lipinski definition) is 2. The molecule has 1 amide bonds. The molecule has 1 aromatic heterocycles. The number of aliphatic imine (C=N–C) groups is 1. The van der Waals surface area contributed by atoms with Crippen LogP contribution in [0.15, 0.2) is 41.4 Å². The normalized spacial score (nSPS) is 20.4. The van der Waals surface area contributed by atoms with E-state index in [1.54, 1.807) is 0 Å². The van der Waals surface area contributed by atoms with E-state index in [0.717, 1.165) is 39.1 Å². The number of aromatic amines is 1. The van der Waals surface area contributed by atoms with Crippen LogP contribution >= 0.6 is 0 Å². The van der Waals surface area contributed by atoms with E-state index < -0.39 is 17.8 Å². The van der Waals surface area contributed by atoms with Crippen LogP contribution < -0.4 is 5.32 Å². The molecular formula is C42H50F4N4O2. The fourth-order valence-corrected chi connectivity index (χ4v) is 7.79. The number of rotatable bonds is 7. The van der Waals surface area contributed by atoms with E-state index in [1.165, 1.54) is 0 Å². The number of benzene rings is 2. The van der Waals surface area contributed by atoms with Gasteiger partial charge in [0, 0.05) is 73.1 Å². The summed E-state index contributed by atoms with van der Waals surface area (Å²) in [6.45, 7) is 12.3. The van der Waals surface area contributed by atoms with Crippen LogP contribution in [0.2, 0.25) is 0 Å². The second-order valence-corrected chi connectivity index (χ2v) is 17.4. The lowest BCUT2D eigenvalue weighted by molar-refractivity contribution is -0.130. The first-order valence-corrected chi connectivity index (χ1v) is 18.6. The Morgan fingerprint density at radius 1 is 0.846 bits per heavy atom. The Bertz CT molecular complexity index is 1920. The number of ketones is 1. The van der Waals surface area contributed by atoms with Gasteiger partial charge in [0.05, 0.1) is 22.8 Å². The Hall–Kier alpha value is -4.00. The van der Waals surface area contributed by atoms with E-state index in [2.05, 4.69) is 42.9 Å². The number of amides is 1. The number of H-pyrrole nitrogens is 1. The molecule has 278 valence electrons. The van der Waals surface area contributed by atoms with Gasteiger partial charge < -0.3 is 10.3 Å². The number of imidazole rings is 1. The van der Waals surface area contributed by atoms with Crippen LogP contribution in [-0.2, 0) is 16.0 Å². The fourth-order valence-electron chi connectivity index (χ4n) is 7.79. The SMILES string of the molecule is CC(C)(C)[C@H](NC(=O)C1CCC(F)(F)CC1)C1=Nc2ccc(C#Cc3ccc4nc([C@@H](CC(=O)C5CCC(F)(F)CC5)C(C)(C)C)[nH]c4c3)cc2C1. The molecule has 2 aliphatic carbocycles. The number of nitrogens with one attached hydrogen (secondary N) is 2. The zero-order valence-electron chi connectivity index (χ0n) is 31.1. The summed E-state index contributed by atoms with van der Waals surface area (Å²) in [5.41, 5.74) is 5.28. The van der Waals surface area contributed by atoms with Crippen molar-refractivity contribution in [2.45, 2.75) is 130 Å². The van der Waals surface area contributed by atoms with Crippen LogP contribution in [0, 0.1) is 34.5 Å². The summed E-state index contributed by atoms with van der Waals surface area (Å²) in [5.74, 6) is 0.783. The van der Waals surface area contributed by atoms with E-state index in [9.17, 15) is 27.2 Å². The van der Waals surface area contributed by atoms with Crippen LogP contribution in [-0.4, -0.2) is 45.3 Å². The number of aromatic nitrogens is 2. The fraction of sp³-hybridized carbons (Fsp3) is 0.571. The van der Waals surface area contributed by atoms with Crippen molar-refractivity contribution in [3.05, 3.63) is 58.9 Å². The van der Waals surface area contributed by atoms with Gasteiger partial charge in [-0.1, -0.05) is 53.4 Å². The minimum absolute atomic E-state index is 0.0297. The molecule has 6 nitrogen and oxygen atoms in total. The molecule has 0 bridgehead atoms. The van der Waals surface area contributed by atoms with E-state index in [0.29, 0.717) is 12.2 Å². The van der Waals surface area contributed by atoms with Crippen molar-refractivity contribution in [2.24, 2.45) is 27.7 Å². The standard InChI is InChI=1S/C42H50F4N4O2/c1-39(2,3)30(24-35(51)27-13-17-41(43,44)18-14-27)37-48-32-12-10-26(22-33(32)49-37)8-7-25-9-11-31-29(21-25)23-34(47-31)36(40(4,5)6)50-38(52)28-15-19-42(45,46)20-16-28/h9-12,21-22,27-28,30,36H,13-20,23-24H2,1-6H3,(H,48,49)(H,50,52)/t30-,36-/m1/s1. The summed E-state index contributed by atoms with van der Waals surface area (Å²) in [6.07, 6.45) is 0.664. The lowest BCUT2D eigenvalue weighted by atomic mass is 9.74. The van der Waals surface area contributed by atoms with E-state index in [4.69, 9.17) is 9.98 Å². The van der Waals surface area contributed by atoms with Crippen molar-refractivity contribution in [1.29, 1.82) is 0 Å². The number of nitrogens with zero attached hydrogens (tertiary/aromatic N) is 2. The number of Topliss-reactive ketones (excluding diaryl/α,β-unsaturated/α-hetero) is 1. The summed E-state index contributed by atoms with van der Waals surface area (Å²) in [7, 11) is 0. The second-order valence-electron chi connectivity index (χ2n) is 17.4. The second kappa shape index (κ2) is 14.1. The minimum atomic E-state index is -2.69. The van der Waals surface area contributed by atoms with Gasteiger partial charge in [0.25, 0.3) is 0 Å². The number of fused-ring (bicyclic) bond motifs is 2. The first-order valence-electron chi connectivity index (χ1n) is 18.6. The molecule has 3 aliphatic rings. The number of alkyl halides is 4. The van der Waals surface area contributed by atoms with Gasteiger partial charge in [-0.05, 0) is 78.5 Å². The Kier molecular flexibility index (Phi) is 10.2. The quantitative estimate of drug-likeness (QED) is 0.188. The number of hydrogen-bond acceptors (Lipinski definition) is 4. The van der Waals surface area contributed by atoms with Gasteiger partial charge in [0.1, 0.15) is 11.6 Å². The monoisotopic (exact) mass is 718 g/mol. The Morgan fingerprint density at radius 3 is 2.02 bits per heavy atom. The molecule has 0 saturated heterocycles. The zero-order valence-corrected chi connectivity index (χ0v) is 31.1.